The number of ether oxygens (including phenoxy) is 1. The number of benzene rings is 2. The van der Waals surface area contributed by atoms with Crippen molar-refractivity contribution in [2.24, 2.45) is 0 Å². The van der Waals surface area contributed by atoms with Gasteiger partial charge < -0.3 is 9.15 Å². The van der Waals surface area contributed by atoms with Crippen LogP contribution in [0.2, 0.25) is 0 Å². The number of hydrogen-bond acceptors (Lipinski definition) is 3. The van der Waals surface area contributed by atoms with Crippen LogP contribution in [0.5, 0.6) is 5.75 Å². The fourth-order valence-corrected chi connectivity index (χ4v) is 2.56. The van der Waals surface area contributed by atoms with E-state index in [1.54, 1.807) is 13.2 Å². The highest BCUT2D eigenvalue weighted by atomic mass is 16.5. The van der Waals surface area contributed by atoms with E-state index in [0.29, 0.717) is 16.9 Å². The molecule has 22 heavy (non-hydrogen) atoms. The fourth-order valence-electron chi connectivity index (χ4n) is 2.56. The number of aryl methyl sites for hydroxylation is 1. The molecule has 0 atom stereocenters. The highest BCUT2D eigenvalue weighted by molar-refractivity contribution is 5.85. The smallest absolute Gasteiger partial charge is 0.344 e. The van der Waals surface area contributed by atoms with E-state index in [0.717, 1.165) is 23.8 Å². The van der Waals surface area contributed by atoms with E-state index < -0.39 is 0 Å². The molecular formula is C19H18O3. The van der Waals surface area contributed by atoms with Crippen LogP contribution in [0.4, 0.5) is 0 Å². The molecule has 0 saturated heterocycles. The topological polar surface area (TPSA) is 39.4 Å². The van der Waals surface area contributed by atoms with E-state index in [1.165, 1.54) is 5.56 Å². The molecule has 3 heteroatoms. The van der Waals surface area contributed by atoms with Gasteiger partial charge in [-0.05, 0) is 35.6 Å². The second-order valence-corrected chi connectivity index (χ2v) is 5.30. The van der Waals surface area contributed by atoms with Gasteiger partial charge in [0, 0.05) is 5.56 Å². The summed E-state index contributed by atoms with van der Waals surface area (Å²) in [5, 5.41) is 1.38. The Morgan fingerprint density at radius 1 is 1.05 bits per heavy atom. The Balaban J connectivity index is 2.06. The Labute approximate surface area is 129 Å². The summed E-state index contributed by atoms with van der Waals surface area (Å²) in [5.74, 6) is 1.24. The number of hydrogen-bond donors (Lipinski definition) is 0. The van der Waals surface area contributed by atoms with Crippen LogP contribution >= 0.6 is 0 Å². The van der Waals surface area contributed by atoms with E-state index in [4.69, 9.17) is 9.15 Å². The zero-order valence-corrected chi connectivity index (χ0v) is 12.8. The van der Waals surface area contributed by atoms with Gasteiger partial charge in [0.15, 0.2) is 0 Å². The van der Waals surface area contributed by atoms with Crippen LogP contribution in [0.1, 0.15) is 18.9 Å². The van der Waals surface area contributed by atoms with Gasteiger partial charge in [-0.15, -0.1) is 0 Å². The van der Waals surface area contributed by atoms with Crippen molar-refractivity contribution < 1.29 is 9.15 Å². The lowest BCUT2D eigenvalue weighted by molar-refractivity contribution is 0.415. The maximum atomic E-state index is 12.2. The molecule has 0 N–H and O–H groups in total. The van der Waals surface area contributed by atoms with Crippen molar-refractivity contribution in [3.05, 3.63) is 64.5 Å². The molecule has 0 bridgehead atoms. The molecule has 112 valence electrons. The van der Waals surface area contributed by atoms with E-state index >= 15 is 0 Å². The summed E-state index contributed by atoms with van der Waals surface area (Å²) in [6, 6.07) is 15.5. The molecule has 0 radical (unpaired) electrons. The molecule has 0 aliphatic heterocycles. The van der Waals surface area contributed by atoms with Gasteiger partial charge >= 0.3 is 5.63 Å². The number of fused-ring (bicyclic) bond motifs is 1. The van der Waals surface area contributed by atoms with Gasteiger partial charge in [-0.25, -0.2) is 4.79 Å². The van der Waals surface area contributed by atoms with E-state index in [2.05, 4.69) is 19.1 Å². The van der Waals surface area contributed by atoms with Crippen molar-refractivity contribution in [2.45, 2.75) is 19.8 Å². The van der Waals surface area contributed by atoms with Crippen LogP contribution in [0.25, 0.3) is 22.1 Å². The average molecular weight is 294 g/mol. The molecule has 0 spiro atoms. The molecule has 3 rings (SSSR count). The standard InChI is InChI=1S/C19H18O3/c1-3-4-13-5-7-14(8-6-13)18-11-15-9-10-16(21-2)12-17(15)19(20)22-18/h5-12H,3-4H2,1-2H3. The van der Waals surface area contributed by atoms with Gasteiger partial charge in [0.05, 0.1) is 12.5 Å². The first kappa shape index (κ1) is 14.4. The van der Waals surface area contributed by atoms with Crippen LogP contribution in [-0.4, -0.2) is 7.11 Å². The molecule has 1 heterocycles. The molecule has 0 aliphatic rings. The lowest BCUT2D eigenvalue weighted by Crippen LogP contribution is -2.00. The molecule has 0 amide bonds. The average Bonchev–Trinajstić information content (AvgIpc) is 2.55. The highest BCUT2D eigenvalue weighted by Crippen LogP contribution is 2.25. The van der Waals surface area contributed by atoms with Crippen molar-refractivity contribution in [3.63, 3.8) is 0 Å². The molecule has 0 unspecified atom stereocenters. The third-order valence-electron chi connectivity index (χ3n) is 3.75. The zero-order chi connectivity index (χ0) is 15.5. The summed E-state index contributed by atoms with van der Waals surface area (Å²) >= 11 is 0. The van der Waals surface area contributed by atoms with Crippen LogP contribution in [0.3, 0.4) is 0 Å². The Bertz CT molecular complexity index is 845. The second kappa shape index (κ2) is 6.06. The molecular weight excluding hydrogens is 276 g/mol. The number of methoxy groups -OCH3 is 1. The van der Waals surface area contributed by atoms with Crippen LogP contribution in [-0.2, 0) is 6.42 Å². The molecule has 3 aromatic rings. The molecule has 0 saturated carbocycles. The van der Waals surface area contributed by atoms with Crippen LogP contribution < -0.4 is 10.4 Å². The van der Waals surface area contributed by atoms with E-state index in [9.17, 15) is 4.79 Å². The van der Waals surface area contributed by atoms with Crippen molar-refractivity contribution in [1.82, 2.24) is 0 Å². The monoisotopic (exact) mass is 294 g/mol. The SMILES string of the molecule is CCCc1ccc(-c2cc3ccc(OC)cc3c(=O)o2)cc1. The molecule has 2 aromatic carbocycles. The first-order chi connectivity index (χ1) is 10.7. The minimum atomic E-state index is -0.343. The number of rotatable bonds is 4. The largest absolute Gasteiger partial charge is 0.497 e. The van der Waals surface area contributed by atoms with Crippen molar-refractivity contribution >= 4 is 10.8 Å². The van der Waals surface area contributed by atoms with Crippen LogP contribution in [0, 0.1) is 0 Å². The van der Waals surface area contributed by atoms with Gasteiger partial charge in [-0.2, -0.15) is 0 Å². The van der Waals surface area contributed by atoms with Crippen molar-refractivity contribution in [2.75, 3.05) is 7.11 Å². The third-order valence-corrected chi connectivity index (χ3v) is 3.75. The summed E-state index contributed by atoms with van der Waals surface area (Å²) in [4.78, 5) is 12.2. The highest BCUT2D eigenvalue weighted by Gasteiger charge is 2.08. The van der Waals surface area contributed by atoms with Crippen molar-refractivity contribution in [3.8, 4) is 17.1 Å². The molecule has 0 fully saturated rings. The normalized spacial score (nSPS) is 10.8. The minimum absolute atomic E-state index is 0.343. The quantitative estimate of drug-likeness (QED) is 0.715. The molecule has 0 aliphatic carbocycles. The van der Waals surface area contributed by atoms with Gasteiger partial charge in [0.25, 0.3) is 0 Å². The fraction of sp³-hybridized carbons (Fsp3) is 0.211. The Morgan fingerprint density at radius 3 is 2.50 bits per heavy atom. The van der Waals surface area contributed by atoms with E-state index in [1.807, 2.05) is 30.3 Å². The third kappa shape index (κ3) is 2.75. The predicted molar refractivity (Wildman–Crippen MR) is 88.5 cm³/mol. The lowest BCUT2D eigenvalue weighted by atomic mass is 10.0. The Morgan fingerprint density at radius 2 is 1.82 bits per heavy atom. The zero-order valence-electron chi connectivity index (χ0n) is 12.8. The maximum absolute atomic E-state index is 12.2. The summed E-state index contributed by atoms with van der Waals surface area (Å²) < 4.78 is 10.6. The first-order valence-corrected chi connectivity index (χ1v) is 7.42. The minimum Gasteiger partial charge on any atom is -0.497 e. The van der Waals surface area contributed by atoms with Gasteiger partial charge in [-0.3, -0.25) is 0 Å². The van der Waals surface area contributed by atoms with Gasteiger partial charge in [0.2, 0.25) is 0 Å². The Kier molecular flexibility index (Phi) is 3.96. The molecule has 1 aromatic heterocycles. The maximum Gasteiger partial charge on any atom is 0.344 e. The summed E-state index contributed by atoms with van der Waals surface area (Å²) in [6.07, 6.45) is 2.17. The van der Waals surface area contributed by atoms with Gasteiger partial charge in [-0.1, -0.05) is 43.7 Å². The summed E-state index contributed by atoms with van der Waals surface area (Å²) in [6.45, 7) is 2.16. The first-order valence-electron chi connectivity index (χ1n) is 7.42. The summed E-state index contributed by atoms with van der Waals surface area (Å²) in [7, 11) is 1.58. The predicted octanol–water partition coefficient (Wildman–Crippen LogP) is 4.42. The van der Waals surface area contributed by atoms with Gasteiger partial charge in [0.1, 0.15) is 11.5 Å². The van der Waals surface area contributed by atoms with Crippen molar-refractivity contribution in [1.29, 1.82) is 0 Å². The van der Waals surface area contributed by atoms with E-state index in [-0.39, 0.29) is 5.63 Å². The lowest BCUT2D eigenvalue weighted by Gasteiger charge is -2.05. The van der Waals surface area contributed by atoms with Crippen LogP contribution in [0.15, 0.2) is 57.7 Å². The molecule has 3 nitrogen and oxygen atoms in total. The summed E-state index contributed by atoms with van der Waals surface area (Å²) in [5.41, 5.74) is 1.86. The Hall–Kier alpha value is -2.55. The second-order valence-electron chi connectivity index (χ2n) is 5.30.